The number of nitrogens with two attached hydrogens (primary N) is 1. The van der Waals surface area contributed by atoms with Crippen molar-refractivity contribution in [2.75, 3.05) is 7.11 Å². The molecular formula is C14H17N3O. The van der Waals surface area contributed by atoms with Crippen molar-refractivity contribution in [3.63, 3.8) is 0 Å². The highest BCUT2D eigenvalue weighted by Crippen LogP contribution is 2.16. The van der Waals surface area contributed by atoms with Crippen molar-refractivity contribution in [3.05, 3.63) is 54.1 Å². The fourth-order valence-electron chi connectivity index (χ4n) is 1.78. The van der Waals surface area contributed by atoms with Gasteiger partial charge < -0.3 is 10.5 Å². The molecule has 4 nitrogen and oxygen atoms in total. The van der Waals surface area contributed by atoms with Crippen LogP contribution in [0.2, 0.25) is 0 Å². The number of hydrogen-bond donors (Lipinski definition) is 1. The van der Waals surface area contributed by atoms with Gasteiger partial charge in [0.05, 0.1) is 12.8 Å². The Hall–Kier alpha value is -1.94. The Morgan fingerprint density at radius 1 is 1.22 bits per heavy atom. The van der Waals surface area contributed by atoms with Crippen LogP contribution >= 0.6 is 0 Å². The molecule has 0 radical (unpaired) electrons. The minimum absolute atomic E-state index is 0.0462. The summed E-state index contributed by atoms with van der Waals surface area (Å²) in [7, 11) is 1.67. The SMILES string of the molecule is COc1ccc(CCC(N)c2ccncn2)cc1. The maximum atomic E-state index is 6.08. The second kappa shape index (κ2) is 6.12. The van der Waals surface area contributed by atoms with Crippen molar-refractivity contribution in [3.8, 4) is 5.75 Å². The number of aryl methyl sites for hydroxylation is 1. The number of aromatic nitrogens is 2. The average molecular weight is 243 g/mol. The van der Waals surface area contributed by atoms with Crippen molar-refractivity contribution in [1.82, 2.24) is 9.97 Å². The Labute approximate surface area is 107 Å². The standard InChI is InChI=1S/C14H17N3O/c1-18-12-5-2-11(3-6-12)4-7-13(15)14-8-9-16-10-17-14/h2-3,5-6,8-10,13H,4,7,15H2,1H3. The van der Waals surface area contributed by atoms with E-state index in [1.807, 2.05) is 18.2 Å². The zero-order chi connectivity index (χ0) is 12.8. The summed E-state index contributed by atoms with van der Waals surface area (Å²) < 4.78 is 5.12. The Bertz CT molecular complexity index is 470. The van der Waals surface area contributed by atoms with Gasteiger partial charge in [-0.15, -0.1) is 0 Å². The maximum Gasteiger partial charge on any atom is 0.118 e. The van der Waals surface area contributed by atoms with Crippen LogP contribution in [0.5, 0.6) is 5.75 Å². The first-order valence-corrected chi connectivity index (χ1v) is 5.94. The van der Waals surface area contributed by atoms with Gasteiger partial charge in [-0.05, 0) is 36.6 Å². The van der Waals surface area contributed by atoms with Crippen LogP contribution in [0.4, 0.5) is 0 Å². The van der Waals surface area contributed by atoms with Gasteiger partial charge >= 0.3 is 0 Å². The largest absolute Gasteiger partial charge is 0.497 e. The molecule has 2 N–H and O–H groups in total. The molecule has 0 bridgehead atoms. The lowest BCUT2D eigenvalue weighted by atomic mass is 10.0. The van der Waals surface area contributed by atoms with Crippen LogP contribution in [-0.4, -0.2) is 17.1 Å². The van der Waals surface area contributed by atoms with E-state index < -0.39 is 0 Å². The summed E-state index contributed by atoms with van der Waals surface area (Å²) >= 11 is 0. The highest BCUT2D eigenvalue weighted by Gasteiger charge is 2.07. The van der Waals surface area contributed by atoms with Crippen molar-refractivity contribution >= 4 is 0 Å². The molecule has 2 aromatic rings. The Morgan fingerprint density at radius 2 is 2.00 bits per heavy atom. The second-order valence-electron chi connectivity index (χ2n) is 4.13. The number of nitrogens with zero attached hydrogens (tertiary/aromatic N) is 2. The van der Waals surface area contributed by atoms with Crippen molar-refractivity contribution in [2.24, 2.45) is 5.73 Å². The van der Waals surface area contributed by atoms with E-state index in [1.165, 1.54) is 11.9 Å². The number of methoxy groups -OCH3 is 1. The molecule has 1 unspecified atom stereocenters. The van der Waals surface area contributed by atoms with E-state index in [4.69, 9.17) is 10.5 Å². The molecule has 2 rings (SSSR count). The average Bonchev–Trinajstić information content (AvgIpc) is 2.46. The molecule has 1 atom stereocenters. The predicted octanol–water partition coefficient (Wildman–Crippen LogP) is 2.12. The molecular weight excluding hydrogens is 226 g/mol. The molecule has 1 aromatic carbocycles. The Balaban J connectivity index is 1.91. The van der Waals surface area contributed by atoms with E-state index in [0.717, 1.165) is 24.3 Å². The molecule has 0 amide bonds. The van der Waals surface area contributed by atoms with Crippen LogP contribution in [0, 0.1) is 0 Å². The van der Waals surface area contributed by atoms with Crippen LogP contribution in [0.1, 0.15) is 23.7 Å². The molecule has 0 spiro atoms. The van der Waals surface area contributed by atoms with Crippen LogP contribution < -0.4 is 10.5 Å². The summed E-state index contributed by atoms with van der Waals surface area (Å²) in [5.41, 5.74) is 8.22. The highest BCUT2D eigenvalue weighted by molar-refractivity contribution is 5.27. The van der Waals surface area contributed by atoms with Crippen LogP contribution in [0.3, 0.4) is 0 Å². The first kappa shape index (κ1) is 12.5. The summed E-state index contributed by atoms with van der Waals surface area (Å²) in [6.45, 7) is 0. The molecule has 0 aliphatic rings. The molecule has 0 saturated heterocycles. The van der Waals surface area contributed by atoms with E-state index in [1.54, 1.807) is 13.3 Å². The highest BCUT2D eigenvalue weighted by atomic mass is 16.5. The fraction of sp³-hybridized carbons (Fsp3) is 0.286. The van der Waals surface area contributed by atoms with Crippen LogP contribution in [-0.2, 0) is 6.42 Å². The molecule has 94 valence electrons. The smallest absolute Gasteiger partial charge is 0.118 e. The second-order valence-corrected chi connectivity index (χ2v) is 4.13. The van der Waals surface area contributed by atoms with E-state index in [2.05, 4.69) is 22.1 Å². The molecule has 1 aromatic heterocycles. The Kier molecular flexibility index (Phi) is 4.25. The molecule has 0 aliphatic heterocycles. The van der Waals surface area contributed by atoms with Crippen LogP contribution in [0.15, 0.2) is 42.9 Å². The van der Waals surface area contributed by atoms with Crippen molar-refractivity contribution in [1.29, 1.82) is 0 Å². The zero-order valence-electron chi connectivity index (χ0n) is 10.4. The van der Waals surface area contributed by atoms with Crippen molar-refractivity contribution < 1.29 is 4.74 Å². The van der Waals surface area contributed by atoms with E-state index in [9.17, 15) is 0 Å². The van der Waals surface area contributed by atoms with Gasteiger partial charge in [-0.2, -0.15) is 0 Å². The lowest BCUT2D eigenvalue weighted by Gasteiger charge is -2.10. The lowest BCUT2D eigenvalue weighted by Crippen LogP contribution is -2.13. The zero-order valence-corrected chi connectivity index (χ0v) is 10.4. The lowest BCUT2D eigenvalue weighted by molar-refractivity contribution is 0.414. The number of hydrogen-bond acceptors (Lipinski definition) is 4. The first-order valence-electron chi connectivity index (χ1n) is 5.94. The fourth-order valence-corrected chi connectivity index (χ4v) is 1.78. The summed E-state index contributed by atoms with van der Waals surface area (Å²) in [6.07, 6.45) is 5.04. The minimum atomic E-state index is -0.0462. The summed E-state index contributed by atoms with van der Waals surface area (Å²) in [6, 6.07) is 9.86. The van der Waals surface area contributed by atoms with Gasteiger partial charge in [0, 0.05) is 12.2 Å². The monoisotopic (exact) mass is 243 g/mol. The summed E-state index contributed by atoms with van der Waals surface area (Å²) in [5, 5.41) is 0. The molecule has 4 heteroatoms. The molecule has 0 fully saturated rings. The van der Waals surface area contributed by atoms with E-state index >= 15 is 0 Å². The normalized spacial score (nSPS) is 12.1. The van der Waals surface area contributed by atoms with Gasteiger partial charge in [0.25, 0.3) is 0 Å². The van der Waals surface area contributed by atoms with Crippen molar-refractivity contribution in [2.45, 2.75) is 18.9 Å². The number of rotatable bonds is 5. The van der Waals surface area contributed by atoms with Gasteiger partial charge in [-0.25, -0.2) is 9.97 Å². The number of benzene rings is 1. The van der Waals surface area contributed by atoms with Gasteiger partial charge in [-0.1, -0.05) is 12.1 Å². The molecule has 18 heavy (non-hydrogen) atoms. The Morgan fingerprint density at radius 3 is 2.61 bits per heavy atom. The molecule has 0 aliphatic carbocycles. The topological polar surface area (TPSA) is 61.0 Å². The van der Waals surface area contributed by atoms with Gasteiger partial charge in [0.2, 0.25) is 0 Å². The third kappa shape index (κ3) is 3.28. The first-order chi connectivity index (χ1) is 8.79. The van der Waals surface area contributed by atoms with E-state index in [-0.39, 0.29) is 6.04 Å². The van der Waals surface area contributed by atoms with Crippen LogP contribution in [0.25, 0.3) is 0 Å². The molecule has 0 saturated carbocycles. The van der Waals surface area contributed by atoms with Gasteiger partial charge in [0.15, 0.2) is 0 Å². The third-order valence-electron chi connectivity index (χ3n) is 2.89. The predicted molar refractivity (Wildman–Crippen MR) is 70.3 cm³/mol. The van der Waals surface area contributed by atoms with E-state index in [0.29, 0.717) is 0 Å². The third-order valence-corrected chi connectivity index (χ3v) is 2.89. The summed E-state index contributed by atoms with van der Waals surface area (Å²) in [5.74, 6) is 0.874. The number of ether oxygens (including phenoxy) is 1. The maximum absolute atomic E-state index is 6.08. The quantitative estimate of drug-likeness (QED) is 0.873. The van der Waals surface area contributed by atoms with Gasteiger partial charge in [0.1, 0.15) is 12.1 Å². The minimum Gasteiger partial charge on any atom is -0.497 e. The van der Waals surface area contributed by atoms with Gasteiger partial charge in [-0.3, -0.25) is 0 Å². The molecule has 1 heterocycles. The summed E-state index contributed by atoms with van der Waals surface area (Å²) in [4.78, 5) is 8.05.